The van der Waals surface area contributed by atoms with E-state index in [-0.39, 0.29) is 12.0 Å². The molecule has 11 nitrogen and oxygen atoms in total. The van der Waals surface area contributed by atoms with Gasteiger partial charge in [0.05, 0.1) is 25.7 Å². The monoisotopic (exact) mass is 369 g/mol. The minimum atomic E-state index is -4.01. The predicted octanol–water partition coefficient (Wildman–Crippen LogP) is -0.142. The maximum absolute atomic E-state index is 11.6. The lowest BCUT2D eigenvalue weighted by Crippen LogP contribution is -2.45. The third kappa shape index (κ3) is 6.15. The van der Waals surface area contributed by atoms with Gasteiger partial charge in [0.2, 0.25) is 0 Å². The van der Waals surface area contributed by atoms with Gasteiger partial charge in [-0.3, -0.25) is 8.37 Å². The molecule has 0 amide bonds. The Balaban J connectivity index is 3.34. The largest absolute Gasteiger partial charge is 0.466 e. The fourth-order valence-corrected chi connectivity index (χ4v) is 3.26. The van der Waals surface area contributed by atoms with E-state index in [0.29, 0.717) is 0 Å². The Labute approximate surface area is 133 Å². The Hall–Kier alpha value is -1.66. The van der Waals surface area contributed by atoms with E-state index in [0.717, 1.165) is 25.7 Å². The summed E-state index contributed by atoms with van der Waals surface area (Å²) in [5.74, 6) is -0.789. The van der Waals surface area contributed by atoms with E-state index in [1.807, 2.05) is 0 Å². The van der Waals surface area contributed by atoms with Gasteiger partial charge in [0.25, 0.3) is 20.2 Å². The first-order valence-electron chi connectivity index (χ1n) is 6.06. The van der Waals surface area contributed by atoms with Gasteiger partial charge in [-0.25, -0.2) is 4.79 Å². The van der Waals surface area contributed by atoms with Gasteiger partial charge >= 0.3 is 5.97 Å². The van der Waals surface area contributed by atoms with E-state index >= 15 is 0 Å². The van der Waals surface area contributed by atoms with Crippen LogP contribution in [0, 0.1) is 0 Å². The van der Waals surface area contributed by atoms with E-state index < -0.39 is 44.5 Å². The number of carbonyl (C=O) groups is 1. The average Bonchev–Trinajstić information content (AvgIpc) is 2.38. The van der Waals surface area contributed by atoms with Crippen molar-refractivity contribution in [3.8, 4) is 0 Å². The van der Waals surface area contributed by atoms with Crippen LogP contribution in [0.5, 0.6) is 0 Å². The zero-order valence-corrected chi connectivity index (χ0v) is 14.1. The van der Waals surface area contributed by atoms with Gasteiger partial charge in [-0.15, -0.1) is 0 Å². The van der Waals surface area contributed by atoms with Gasteiger partial charge in [-0.1, -0.05) is 11.2 Å². The highest BCUT2D eigenvalue weighted by molar-refractivity contribution is 7.86. The van der Waals surface area contributed by atoms with Crippen LogP contribution >= 0.6 is 0 Å². The molecule has 0 N–H and O–H groups in total. The Morgan fingerprint density at radius 3 is 2.26 bits per heavy atom. The molecule has 0 aromatic heterocycles. The number of ether oxygens (including phenoxy) is 1. The molecular weight excluding hydrogens is 354 g/mol. The molecule has 13 heteroatoms. The number of azide groups is 1. The summed E-state index contributed by atoms with van der Waals surface area (Å²) in [4.78, 5) is 14.2. The lowest BCUT2D eigenvalue weighted by atomic mass is 9.91. The minimum Gasteiger partial charge on any atom is -0.466 e. The lowest BCUT2D eigenvalue weighted by molar-refractivity contribution is -0.136. The van der Waals surface area contributed by atoms with Gasteiger partial charge < -0.3 is 4.74 Å². The maximum Gasteiger partial charge on any atom is 0.333 e. The number of hydrogen-bond donors (Lipinski definition) is 0. The molecule has 3 atom stereocenters. The second-order valence-corrected chi connectivity index (χ2v) is 7.89. The first-order valence-corrected chi connectivity index (χ1v) is 9.70. The summed E-state index contributed by atoms with van der Waals surface area (Å²) in [6, 6.07) is -1.27. The predicted molar refractivity (Wildman–Crippen MR) is 77.1 cm³/mol. The number of nitrogens with zero attached hydrogens (tertiary/aromatic N) is 3. The van der Waals surface area contributed by atoms with E-state index in [1.165, 1.54) is 0 Å². The van der Waals surface area contributed by atoms with E-state index in [1.54, 1.807) is 0 Å². The maximum atomic E-state index is 11.6. The van der Waals surface area contributed by atoms with Crippen molar-refractivity contribution in [2.45, 2.75) is 24.7 Å². The van der Waals surface area contributed by atoms with Crippen LogP contribution in [0.1, 0.15) is 6.42 Å². The van der Waals surface area contributed by atoms with Crippen LogP contribution in [0.2, 0.25) is 0 Å². The fraction of sp³-hybridized carbons (Fsp3) is 0.700. The molecule has 1 aliphatic carbocycles. The molecule has 0 aromatic carbocycles. The average molecular weight is 369 g/mol. The van der Waals surface area contributed by atoms with Crippen molar-refractivity contribution in [2.24, 2.45) is 5.11 Å². The zero-order valence-electron chi connectivity index (χ0n) is 12.4. The molecule has 0 aromatic rings. The molecule has 0 fully saturated rings. The van der Waals surface area contributed by atoms with Gasteiger partial charge in [-0.05, 0) is 5.53 Å². The summed E-state index contributed by atoms with van der Waals surface area (Å²) < 4.78 is 59.5. The van der Waals surface area contributed by atoms with Crippen molar-refractivity contribution >= 4 is 26.2 Å². The summed E-state index contributed by atoms with van der Waals surface area (Å²) in [5.41, 5.74) is 8.56. The first-order chi connectivity index (χ1) is 10.5. The highest BCUT2D eigenvalue weighted by Crippen LogP contribution is 2.29. The standard InChI is InChI=1S/C10H15N3O8S2/c1-19-10(14)6-4-7(12-13-11)9(21-23(3,17)18)8(5-6)20-22(2,15)16/h4,7-9H,5H2,1-3H3/t7?,8-,9+/m1/s1. The van der Waals surface area contributed by atoms with Crippen molar-refractivity contribution in [3.05, 3.63) is 22.1 Å². The number of rotatable bonds is 6. The molecule has 130 valence electrons. The van der Waals surface area contributed by atoms with Crippen LogP contribution < -0.4 is 0 Å². The molecule has 0 spiro atoms. The van der Waals surface area contributed by atoms with E-state index in [9.17, 15) is 21.6 Å². The van der Waals surface area contributed by atoms with Gasteiger partial charge in [0.15, 0.2) is 0 Å². The van der Waals surface area contributed by atoms with Crippen molar-refractivity contribution in [1.29, 1.82) is 0 Å². The smallest absolute Gasteiger partial charge is 0.333 e. The normalized spacial score (nSPS) is 25.2. The number of carbonyl (C=O) groups excluding carboxylic acids is 1. The number of methoxy groups -OCH3 is 1. The van der Waals surface area contributed by atoms with Crippen molar-refractivity contribution in [1.82, 2.24) is 0 Å². The summed E-state index contributed by atoms with van der Waals surface area (Å²) in [7, 11) is -6.90. The third-order valence-electron chi connectivity index (χ3n) is 2.71. The van der Waals surface area contributed by atoms with E-state index in [2.05, 4.69) is 14.8 Å². The second-order valence-electron chi connectivity index (χ2n) is 4.69. The summed E-state index contributed by atoms with van der Waals surface area (Å²) >= 11 is 0. The number of esters is 1. The van der Waals surface area contributed by atoms with Gasteiger partial charge in [-0.2, -0.15) is 16.8 Å². The van der Waals surface area contributed by atoms with Crippen LogP contribution in [-0.2, 0) is 38.1 Å². The third-order valence-corrected chi connectivity index (χ3v) is 3.88. The van der Waals surface area contributed by atoms with Crippen LogP contribution in [0.3, 0.4) is 0 Å². The molecule has 0 radical (unpaired) electrons. The Bertz CT molecular complexity index is 751. The van der Waals surface area contributed by atoms with Gasteiger partial charge in [0.1, 0.15) is 12.2 Å². The molecule has 23 heavy (non-hydrogen) atoms. The molecule has 0 heterocycles. The zero-order chi connectivity index (χ0) is 17.8. The molecular formula is C10H15N3O8S2. The Morgan fingerprint density at radius 2 is 1.83 bits per heavy atom. The molecule has 0 saturated carbocycles. The summed E-state index contributed by atoms with van der Waals surface area (Å²) in [6.45, 7) is 0. The molecule has 0 bridgehead atoms. The summed E-state index contributed by atoms with van der Waals surface area (Å²) in [6.07, 6.45) is -0.459. The quantitative estimate of drug-likeness (QED) is 0.205. The topological polar surface area (TPSA) is 162 Å². The van der Waals surface area contributed by atoms with Crippen molar-refractivity contribution in [3.63, 3.8) is 0 Å². The highest BCUT2D eigenvalue weighted by Gasteiger charge is 2.40. The SMILES string of the molecule is COC(=O)C1=CC(N=[N+]=[N-])[C@H](OS(C)(=O)=O)[C@H](OS(C)(=O)=O)C1. The Morgan fingerprint density at radius 1 is 1.26 bits per heavy atom. The highest BCUT2D eigenvalue weighted by atomic mass is 32.2. The van der Waals surface area contributed by atoms with Crippen molar-refractivity contribution < 1.29 is 34.7 Å². The minimum absolute atomic E-state index is 0.0214. The fourth-order valence-electron chi connectivity index (χ4n) is 2.00. The number of hydrogen-bond acceptors (Lipinski definition) is 9. The van der Waals surface area contributed by atoms with Crippen molar-refractivity contribution in [2.75, 3.05) is 19.6 Å². The van der Waals surface area contributed by atoms with E-state index in [4.69, 9.17) is 13.9 Å². The van der Waals surface area contributed by atoms with Crippen LogP contribution in [-0.4, -0.2) is 60.7 Å². The second kappa shape index (κ2) is 7.27. The molecule has 0 saturated heterocycles. The van der Waals surface area contributed by atoms with Gasteiger partial charge in [0, 0.05) is 16.9 Å². The first kappa shape index (κ1) is 19.4. The van der Waals surface area contributed by atoms with Crippen LogP contribution in [0.15, 0.2) is 16.8 Å². The molecule has 1 rings (SSSR count). The molecule has 1 unspecified atom stereocenters. The summed E-state index contributed by atoms with van der Waals surface area (Å²) in [5, 5.41) is 3.33. The Kier molecular flexibility index (Phi) is 6.13. The van der Waals surface area contributed by atoms with Crippen LogP contribution in [0.4, 0.5) is 0 Å². The molecule has 0 aliphatic heterocycles. The van der Waals surface area contributed by atoms with Crippen LogP contribution in [0.25, 0.3) is 10.4 Å². The lowest BCUT2D eigenvalue weighted by Gasteiger charge is -2.32. The molecule has 1 aliphatic rings.